The molecule has 0 radical (unpaired) electrons. The van der Waals surface area contributed by atoms with Crippen LogP contribution in [0.25, 0.3) is 0 Å². The molecule has 8 nitrogen and oxygen atoms in total. The second kappa shape index (κ2) is 6.38. The average molecular weight is 333 g/mol. The number of ether oxygens (including phenoxy) is 2. The highest BCUT2D eigenvalue weighted by molar-refractivity contribution is 6.02. The predicted molar refractivity (Wildman–Crippen MR) is 84.1 cm³/mol. The lowest BCUT2D eigenvalue weighted by atomic mass is 10.1. The first kappa shape index (κ1) is 16.1. The Labute approximate surface area is 139 Å². The summed E-state index contributed by atoms with van der Waals surface area (Å²) in [5.41, 5.74) is 0.448. The average Bonchev–Trinajstić information content (AvgIpc) is 3.20. The van der Waals surface area contributed by atoms with Crippen molar-refractivity contribution in [2.45, 2.75) is 12.5 Å². The van der Waals surface area contributed by atoms with E-state index in [9.17, 15) is 14.4 Å². The fourth-order valence-corrected chi connectivity index (χ4v) is 3.05. The highest BCUT2D eigenvalue weighted by Crippen LogP contribution is 2.25. The molecule has 2 fully saturated rings. The molecule has 0 bridgehead atoms. The molecule has 24 heavy (non-hydrogen) atoms. The van der Waals surface area contributed by atoms with Gasteiger partial charge in [-0.15, -0.1) is 0 Å². The second-order valence-electron chi connectivity index (χ2n) is 5.72. The molecule has 1 N–H and O–H groups in total. The van der Waals surface area contributed by atoms with Crippen LogP contribution in [-0.2, 0) is 4.79 Å². The van der Waals surface area contributed by atoms with Gasteiger partial charge in [0.2, 0.25) is 5.91 Å². The van der Waals surface area contributed by atoms with E-state index in [-0.39, 0.29) is 30.4 Å². The van der Waals surface area contributed by atoms with Crippen molar-refractivity contribution in [3.63, 3.8) is 0 Å². The number of carbonyl (C=O) groups excluding carboxylic acids is 3. The molecular formula is C16H19N3O5. The number of hydrogen-bond acceptors (Lipinski definition) is 5. The van der Waals surface area contributed by atoms with Crippen LogP contribution in [0.3, 0.4) is 0 Å². The van der Waals surface area contributed by atoms with Crippen LogP contribution >= 0.6 is 0 Å². The van der Waals surface area contributed by atoms with E-state index in [1.807, 2.05) is 0 Å². The van der Waals surface area contributed by atoms with Gasteiger partial charge in [0.25, 0.3) is 5.91 Å². The number of carbonyl (C=O) groups is 3. The van der Waals surface area contributed by atoms with Gasteiger partial charge in [0.1, 0.15) is 11.5 Å². The van der Waals surface area contributed by atoms with Crippen LogP contribution < -0.4 is 14.8 Å². The molecule has 0 saturated carbocycles. The fraction of sp³-hybridized carbons (Fsp3) is 0.438. The zero-order chi connectivity index (χ0) is 17.3. The number of rotatable bonds is 4. The normalized spacial score (nSPS) is 20.3. The monoisotopic (exact) mass is 333 g/mol. The second-order valence-corrected chi connectivity index (χ2v) is 5.72. The first-order valence-electron chi connectivity index (χ1n) is 7.65. The molecule has 4 amide bonds. The van der Waals surface area contributed by atoms with Crippen LogP contribution in [0.2, 0.25) is 0 Å². The van der Waals surface area contributed by atoms with Gasteiger partial charge in [-0.3, -0.25) is 14.5 Å². The molecule has 2 aliphatic heterocycles. The largest absolute Gasteiger partial charge is 0.497 e. The summed E-state index contributed by atoms with van der Waals surface area (Å²) in [6.07, 6.45) is 0.575. The molecule has 3 rings (SSSR count). The number of imide groups is 1. The maximum absolute atomic E-state index is 12.7. The van der Waals surface area contributed by atoms with Gasteiger partial charge in [-0.25, -0.2) is 4.79 Å². The van der Waals surface area contributed by atoms with Crippen molar-refractivity contribution in [1.29, 1.82) is 0 Å². The fourth-order valence-electron chi connectivity index (χ4n) is 3.05. The Morgan fingerprint density at radius 2 is 1.83 bits per heavy atom. The molecule has 2 saturated heterocycles. The molecule has 1 aromatic carbocycles. The first-order chi connectivity index (χ1) is 11.5. The summed E-state index contributed by atoms with van der Waals surface area (Å²) >= 11 is 0. The summed E-state index contributed by atoms with van der Waals surface area (Å²) < 4.78 is 10.4. The highest BCUT2D eigenvalue weighted by atomic mass is 16.5. The predicted octanol–water partition coefficient (Wildman–Crippen LogP) is 0.470. The van der Waals surface area contributed by atoms with E-state index in [0.29, 0.717) is 36.6 Å². The quantitative estimate of drug-likeness (QED) is 0.809. The van der Waals surface area contributed by atoms with E-state index in [1.165, 1.54) is 19.1 Å². The van der Waals surface area contributed by atoms with Gasteiger partial charge < -0.3 is 19.7 Å². The Morgan fingerprint density at radius 3 is 2.38 bits per heavy atom. The lowest BCUT2D eigenvalue weighted by Crippen LogP contribution is -2.42. The zero-order valence-corrected chi connectivity index (χ0v) is 13.6. The van der Waals surface area contributed by atoms with E-state index < -0.39 is 0 Å². The molecular weight excluding hydrogens is 314 g/mol. The number of urea groups is 1. The Balaban J connectivity index is 1.75. The third kappa shape index (κ3) is 2.86. The highest BCUT2D eigenvalue weighted by Gasteiger charge is 2.39. The lowest BCUT2D eigenvalue weighted by molar-refractivity contribution is -0.126. The minimum Gasteiger partial charge on any atom is -0.497 e. The van der Waals surface area contributed by atoms with Gasteiger partial charge in [0.15, 0.2) is 0 Å². The Bertz CT molecular complexity index is 652. The van der Waals surface area contributed by atoms with E-state index in [2.05, 4.69) is 5.32 Å². The molecule has 8 heteroatoms. The molecule has 2 aliphatic rings. The van der Waals surface area contributed by atoms with E-state index in [4.69, 9.17) is 9.47 Å². The summed E-state index contributed by atoms with van der Waals surface area (Å²) in [5, 5.41) is 2.50. The van der Waals surface area contributed by atoms with Crippen molar-refractivity contribution >= 4 is 17.8 Å². The maximum atomic E-state index is 12.7. The number of nitrogens with zero attached hydrogens (tertiary/aromatic N) is 2. The molecule has 2 heterocycles. The molecule has 128 valence electrons. The smallest absolute Gasteiger partial charge is 0.324 e. The van der Waals surface area contributed by atoms with Crippen molar-refractivity contribution in [1.82, 2.24) is 15.1 Å². The first-order valence-corrected chi connectivity index (χ1v) is 7.65. The molecule has 1 atom stereocenters. The topological polar surface area (TPSA) is 88.2 Å². The van der Waals surface area contributed by atoms with E-state index in [1.54, 1.807) is 23.1 Å². The summed E-state index contributed by atoms with van der Waals surface area (Å²) in [6, 6.07) is 4.31. The third-order valence-electron chi connectivity index (χ3n) is 4.29. The number of benzene rings is 1. The van der Waals surface area contributed by atoms with Gasteiger partial charge in [0, 0.05) is 24.7 Å². The third-order valence-corrected chi connectivity index (χ3v) is 4.29. The molecule has 1 aromatic rings. The van der Waals surface area contributed by atoms with Crippen LogP contribution in [-0.4, -0.2) is 67.5 Å². The molecule has 1 unspecified atom stereocenters. The molecule has 0 spiro atoms. The minimum absolute atomic E-state index is 0.0242. The minimum atomic E-state index is -0.387. The van der Waals surface area contributed by atoms with Crippen LogP contribution in [0.1, 0.15) is 16.8 Å². The number of methoxy groups -OCH3 is 2. The van der Waals surface area contributed by atoms with Crippen LogP contribution in [0.5, 0.6) is 11.5 Å². The van der Waals surface area contributed by atoms with Crippen molar-refractivity contribution in [2.75, 3.05) is 33.9 Å². The van der Waals surface area contributed by atoms with Gasteiger partial charge in [-0.1, -0.05) is 0 Å². The number of amides is 4. The number of hydrogen-bond donors (Lipinski definition) is 1. The number of nitrogens with one attached hydrogen (secondary N) is 1. The Kier molecular flexibility index (Phi) is 4.28. The molecule has 0 aromatic heterocycles. The standard InChI is InChI=1S/C16H19N3O5/c1-23-12-5-10(6-13(7-12)24-2)15(21)18-4-3-11(9-18)19-14(20)8-17-16(19)22/h5-7,11H,3-4,8-9H2,1-2H3,(H,17,22). The molecule has 0 aliphatic carbocycles. The van der Waals surface area contributed by atoms with Crippen molar-refractivity contribution < 1.29 is 23.9 Å². The zero-order valence-electron chi connectivity index (χ0n) is 13.6. The SMILES string of the molecule is COc1cc(OC)cc(C(=O)N2CCC(N3C(=O)CNC3=O)C2)c1. The lowest BCUT2D eigenvalue weighted by Gasteiger charge is -2.21. The van der Waals surface area contributed by atoms with Gasteiger partial charge in [-0.2, -0.15) is 0 Å². The van der Waals surface area contributed by atoms with Gasteiger partial charge in [0.05, 0.1) is 26.8 Å². The summed E-state index contributed by atoms with van der Waals surface area (Å²) in [6.45, 7) is 0.841. The Morgan fingerprint density at radius 1 is 1.17 bits per heavy atom. The van der Waals surface area contributed by atoms with Gasteiger partial charge >= 0.3 is 6.03 Å². The van der Waals surface area contributed by atoms with Crippen LogP contribution in [0.4, 0.5) is 4.79 Å². The van der Waals surface area contributed by atoms with E-state index >= 15 is 0 Å². The van der Waals surface area contributed by atoms with Gasteiger partial charge in [-0.05, 0) is 18.6 Å². The van der Waals surface area contributed by atoms with Crippen LogP contribution in [0.15, 0.2) is 18.2 Å². The summed E-state index contributed by atoms with van der Waals surface area (Å²) in [5.74, 6) is 0.634. The maximum Gasteiger partial charge on any atom is 0.324 e. The van der Waals surface area contributed by atoms with Crippen LogP contribution in [0, 0.1) is 0 Å². The van der Waals surface area contributed by atoms with Crippen molar-refractivity contribution in [3.05, 3.63) is 23.8 Å². The summed E-state index contributed by atoms with van der Waals surface area (Å²) in [7, 11) is 3.04. The van der Waals surface area contributed by atoms with Crippen molar-refractivity contribution in [3.8, 4) is 11.5 Å². The number of likely N-dealkylation sites (tertiary alicyclic amines) is 1. The van der Waals surface area contributed by atoms with Crippen molar-refractivity contribution in [2.24, 2.45) is 0 Å². The summed E-state index contributed by atoms with van der Waals surface area (Å²) in [4.78, 5) is 39.1. The Hall–Kier alpha value is -2.77. The van der Waals surface area contributed by atoms with E-state index in [0.717, 1.165) is 0 Å².